The minimum absolute atomic E-state index is 0.0208. The summed E-state index contributed by atoms with van der Waals surface area (Å²) in [6.07, 6.45) is -1.32. The van der Waals surface area contributed by atoms with Crippen LogP contribution in [0, 0.1) is 11.8 Å². The SMILES string of the molecule is CC(C)[C@H]1COC(=O)N1C(=O)[C@H]1CC(=O)O[C@@H]1c1ccccc1. The molecule has 0 N–H and O–H groups in total. The van der Waals surface area contributed by atoms with Gasteiger partial charge in [-0.3, -0.25) is 9.59 Å². The zero-order valence-corrected chi connectivity index (χ0v) is 13.1. The Morgan fingerprint density at radius 3 is 2.57 bits per heavy atom. The highest BCUT2D eigenvalue weighted by Crippen LogP contribution is 2.38. The molecule has 23 heavy (non-hydrogen) atoms. The number of esters is 1. The van der Waals surface area contributed by atoms with E-state index in [9.17, 15) is 14.4 Å². The summed E-state index contributed by atoms with van der Waals surface area (Å²) < 4.78 is 10.4. The molecule has 0 saturated carbocycles. The van der Waals surface area contributed by atoms with Gasteiger partial charge in [-0.1, -0.05) is 44.2 Å². The van der Waals surface area contributed by atoms with Crippen molar-refractivity contribution in [2.45, 2.75) is 32.4 Å². The quantitative estimate of drug-likeness (QED) is 0.800. The number of carbonyl (C=O) groups is 3. The van der Waals surface area contributed by atoms with Crippen LogP contribution in [-0.4, -0.2) is 35.5 Å². The van der Waals surface area contributed by atoms with Gasteiger partial charge in [0.15, 0.2) is 0 Å². The minimum atomic E-state index is -0.697. The number of cyclic esters (lactones) is 2. The third-order valence-electron chi connectivity index (χ3n) is 4.37. The van der Waals surface area contributed by atoms with Gasteiger partial charge in [-0.15, -0.1) is 0 Å². The maximum absolute atomic E-state index is 12.9. The van der Waals surface area contributed by atoms with Gasteiger partial charge in [-0.25, -0.2) is 9.69 Å². The lowest BCUT2D eigenvalue weighted by Gasteiger charge is -2.26. The number of hydrogen-bond donors (Lipinski definition) is 0. The third kappa shape index (κ3) is 2.81. The fourth-order valence-corrected chi connectivity index (χ4v) is 3.08. The summed E-state index contributed by atoms with van der Waals surface area (Å²) in [6, 6.07) is 8.82. The summed E-state index contributed by atoms with van der Waals surface area (Å²) in [7, 11) is 0. The van der Waals surface area contributed by atoms with Crippen LogP contribution >= 0.6 is 0 Å². The van der Waals surface area contributed by atoms with Crippen molar-refractivity contribution in [3.63, 3.8) is 0 Å². The van der Waals surface area contributed by atoms with Crippen LogP contribution < -0.4 is 0 Å². The first kappa shape index (κ1) is 15.5. The van der Waals surface area contributed by atoms with Crippen LogP contribution in [-0.2, 0) is 19.1 Å². The highest BCUT2D eigenvalue weighted by atomic mass is 16.6. The fraction of sp³-hybridized carbons (Fsp3) is 0.471. The molecule has 6 nitrogen and oxygen atoms in total. The Labute approximate surface area is 134 Å². The van der Waals surface area contributed by atoms with Crippen molar-refractivity contribution in [1.82, 2.24) is 4.90 Å². The molecule has 2 saturated heterocycles. The lowest BCUT2D eigenvalue weighted by atomic mass is 9.92. The molecule has 0 radical (unpaired) electrons. The van der Waals surface area contributed by atoms with E-state index in [1.165, 1.54) is 0 Å². The molecule has 3 rings (SSSR count). The lowest BCUT2D eigenvalue weighted by Crippen LogP contribution is -2.45. The average Bonchev–Trinajstić information content (AvgIpc) is 3.11. The molecule has 0 unspecified atom stereocenters. The molecule has 2 heterocycles. The van der Waals surface area contributed by atoms with Crippen molar-refractivity contribution in [1.29, 1.82) is 0 Å². The summed E-state index contributed by atoms with van der Waals surface area (Å²) in [6.45, 7) is 4.05. The summed E-state index contributed by atoms with van der Waals surface area (Å²) in [4.78, 5) is 37.8. The van der Waals surface area contributed by atoms with E-state index in [4.69, 9.17) is 9.47 Å². The van der Waals surface area contributed by atoms with Gasteiger partial charge in [0.1, 0.15) is 12.7 Å². The number of ether oxygens (including phenoxy) is 2. The minimum Gasteiger partial charge on any atom is -0.457 e. The predicted octanol–water partition coefficient (Wildman–Crippen LogP) is 2.29. The smallest absolute Gasteiger partial charge is 0.416 e. The highest BCUT2D eigenvalue weighted by molar-refractivity contribution is 5.97. The topological polar surface area (TPSA) is 72.9 Å². The Bertz CT molecular complexity index is 627. The zero-order chi connectivity index (χ0) is 16.6. The second kappa shape index (κ2) is 6.02. The lowest BCUT2D eigenvalue weighted by molar-refractivity contribution is -0.142. The standard InChI is InChI=1S/C17H19NO5/c1-10(2)13-9-22-17(21)18(13)16(20)12-8-14(19)23-15(12)11-6-4-3-5-7-11/h3-7,10,12-13,15H,8-9H2,1-2H3/t12-,13+,15+/m0/s1. The molecule has 3 atom stereocenters. The largest absolute Gasteiger partial charge is 0.457 e. The van der Waals surface area contributed by atoms with Crippen LogP contribution in [0.2, 0.25) is 0 Å². The van der Waals surface area contributed by atoms with Crippen molar-refractivity contribution < 1.29 is 23.9 Å². The van der Waals surface area contributed by atoms with Crippen LogP contribution in [0.1, 0.15) is 31.9 Å². The van der Waals surface area contributed by atoms with E-state index in [0.29, 0.717) is 0 Å². The number of hydrogen-bond acceptors (Lipinski definition) is 5. The molecular formula is C17H19NO5. The molecule has 1 aromatic carbocycles. The van der Waals surface area contributed by atoms with Gasteiger partial charge in [-0.05, 0) is 11.5 Å². The Hall–Kier alpha value is -2.37. The van der Waals surface area contributed by atoms with Crippen molar-refractivity contribution in [3.05, 3.63) is 35.9 Å². The summed E-state index contributed by atoms with van der Waals surface area (Å²) in [5.74, 6) is -1.44. The first-order valence-corrected chi connectivity index (χ1v) is 7.73. The van der Waals surface area contributed by atoms with Crippen LogP contribution in [0.4, 0.5) is 4.79 Å². The van der Waals surface area contributed by atoms with E-state index in [0.717, 1.165) is 10.5 Å². The molecule has 2 aliphatic rings. The molecule has 0 bridgehead atoms. The monoisotopic (exact) mass is 317 g/mol. The van der Waals surface area contributed by atoms with E-state index in [1.807, 2.05) is 44.2 Å². The molecule has 2 amide bonds. The Kier molecular flexibility index (Phi) is 4.07. The first-order valence-electron chi connectivity index (χ1n) is 7.73. The Morgan fingerprint density at radius 1 is 1.22 bits per heavy atom. The molecule has 2 fully saturated rings. The van der Waals surface area contributed by atoms with Crippen LogP contribution in [0.5, 0.6) is 0 Å². The number of rotatable bonds is 3. The second-order valence-electron chi connectivity index (χ2n) is 6.23. The molecule has 1 aromatic rings. The first-order chi connectivity index (χ1) is 11.0. The van der Waals surface area contributed by atoms with E-state index >= 15 is 0 Å². The van der Waals surface area contributed by atoms with Gasteiger partial charge >= 0.3 is 12.1 Å². The Morgan fingerprint density at radius 2 is 1.91 bits per heavy atom. The van der Waals surface area contributed by atoms with E-state index in [1.54, 1.807) is 0 Å². The zero-order valence-electron chi connectivity index (χ0n) is 13.1. The second-order valence-corrected chi connectivity index (χ2v) is 6.23. The van der Waals surface area contributed by atoms with Crippen LogP contribution in [0.3, 0.4) is 0 Å². The maximum Gasteiger partial charge on any atom is 0.416 e. The molecule has 122 valence electrons. The van der Waals surface area contributed by atoms with E-state index in [2.05, 4.69) is 0 Å². The molecule has 6 heteroatoms. The van der Waals surface area contributed by atoms with Gasteiger partial charge in [0.05, 0.1) is 18.4 Å². The van der Waals surface area contributed by atoms with Crippen LogP contribution in [0.25, 0.3) is 0 Å². The molecule has 2 aliphatic heterocycles. The van der Waals surface area contributed by atoms with Gasteiger partial charge < -0.3 is 9.47 Å². The molecular weight excluding hydrogens is 298 g/mol. The van der Waals surface area contributed by atoms with Crippen molar-refractivity contribution in [2.24, 2.45) is 11.8 Å². The normalized spacial score (nSPS) is 27.3. The third-order valence-corrected chi connectivity index (χ3v) is 4.37. The molecule has 0 aromatic heterocycles. The number of imide groups is 1. The molecule has 0 spiro atoms. The van der Waals surface area contributed by atoms with Crippen molar-refractivity contribution >= 4 is 18.0 Å². The predicted molar refractivity (Wildman–Crippen MR) is 80.2 cm³/mol. The maximum atomic E-state index is 12.9. The number of nitrogens with zero attached hydrogens (tertiary/aromatic N) is 1. The van der Waals surface area contributed by atoms with Crippen molar-refractivity contribution in [2.75, 3.05) is 6.61 Å². The van der Waals surface area contributed by atoms with Crippen LogP contribution in [0.15, 0.2) is 30.3 Å². The van der Waals surface area contributed by atoms with E-state index < -0.39 is 30.0 Å². The van der Waals surface area contributed by atoms with Gasteiger partial charge in [0, 0.05) is 0 Å². The average molecular weight is 317 g/mol. The number of benzene rings is 1. The summed E-state index contributed by atoms with van der Waals surface area (Å²) in [5, 5.41) is 0. The van der Waals surface area contributed by atoms with Gasteiger partial charge in [0.2, 0.25) is 5.91 Å². The van der Waals surface area contributed by atoms with E-state index in [-0.39, 0.29) is 25.0 Å². The fourth-order valence-electron chi connectivity index (χ4n) is 3.08. The highest BCUT2D eigenvalue weighted by Gasteiger charge is 2.48. The summed E-state index contributed by atoms with van der Waals surface area (Å²) >= 11 is 0. The number of amides is 2. The molecule has 0 aliphatic carbocycles. The van der Waals surface area contributed by atoms with Crippen molar-refractivity contribution in [3.8, 4) is 0 Å². The van der Waals surface area contributed by atoms with Gasteiger partial charge in [0.25, 0.3) is 0 Å². The number of carbonyl (C=O) groups excluding carboxylic acids is 3. The summed E-state index contributed by atoms with van der Waals surface area (Å²) in [5.41, 5.74) is 0.755. The van der Waals surface area contributed by atoms with Gasteiger partial charge in [-0.2, -0.15) is 0 Å². The Balaban J connectivity index is 1.88.